The Morgan fingerprint density at radius 3 is 2.44 bits per heavy atom. The summed E-state index contributed by atoms with van der Waals surface area (Å²) in [6, 6.07) is 0. The molecule has 1 aliphatic carbocycles. The fourth-order valence-electron chi connectivity index (χ4n) is 2.17. The number of hydrogen-bond donors (Lipinski definition) is 2. The lowest BCUT2D eigenvalue weighted by molar-refractivity contribution is -0.145. The average Bonchev–Trinajstić information content (AvgIpc) is 3.04. The van der Waals surface area contributed by atoms with Crippen molar-refractivity contribution in [1.82, 2.24) is 4.90 Å². The molecule has 1 atom stereocenters. The highest BCUT2D eigenvalue weighted by Gasteiger charge is 2.49. The highest BCUT2D eigenvalue weighted by molar-refractivity contribution is 7.85. The Hall–Kier alpha value is -0.460. The van der Waals surface area contributed by atoms with Gasteiger partial charge in [0.05, 0.1) is 0 Å². The molecule has 1 heterocycles. The van der Waals surface area contributed by atoms with Gasteiger partial charge in [0.2, 0.25) is 0 Å². The van der Waals surface area contributed by atoms with Crippen LogP contribution in [0.25, 0.3) is 0 Å². The lowest BCUT2D eigenvalue weighted by atomic mass is 9.94. The summed E-state index contributed by atoms with van der Waals surface area (Å²) in [5.41, 5.74) is 4.90. The number of aliphatic carboxylic acids is 1. The van der Waals surface area contributed by atoms with Gasteiger partial charge < -0.3 is 10.8 Å². The van der Waals surface area contributed by atoms with Gasteiger partial charge in [-0.05, 0) is 18.8 Å². The van der Waals surface area contributed by atoms with Gasteiger partial charge in [-0.25, -0.2) is 0 Å². The molecule has 2 fully saturated rings. The number of carbonyl (C=O) groups is 1. The van der Waals surface area contributed by atoms with Crippen LogP contribution in [-0.2, 0) is 15.6 Å². The van der Waals surface area contributed by atoms with E-state index in [2.05, 4.69) is 0 Å². The zero-order chi connectivity index (χ0) is 11.8. The van der Waals surface area contributed by atoms with Crippen LogP contribution in [0.4, 0.5) is 0 Å². The predicted octanol–water partition coefficient (Wildman–Crippen LogP) is -0.757. The quantitative estimate of drug-likeness (QED) is 0.681. The molecule has 1 unspecified atom stereocenters. The first kappa shape index (κ1) is 12.0. The summed E-state index contributed by atoms with van der Waals surface area (Å²) in [5.74, 6) is 0.500. The molecule has 2 rings (SSSR count). The molecule has 0 aromatic heterocycles. The maximum absolute atomic E-state index is 11.2. The van der Waals surface area contributed by atoms with Gasteiger partial charge in [-0.2, -0.15) is 0 Å². The van der Waals surface area contributed by atoms with Crippen molar-refractivity contribution in [3.63, 3.8) is 0 Å². The zero-order valence-electron chi connectivity index (χ0n) is 9.22. The maximum Gasteiger partial charge on any atom is 0.325 e. The SMILES string of the molecule is NC(CN1CCS(=O)CC1)(C(=O)O)C1CC1. The Morgan fingerprint density at radius 2 is 2.00 bits per heavy atom. The second-order valence-corrected chi connectivity index (χ2v) is 6.44. The molecule has 1 saturated carbocycles. The van der Waals surface area contributed by atoms with Gasteiger partial charge in [-0.15, -0.1) is 0 Å². The molecule has 0 aromatic carbocycles. The van der Waals surface area contributed by atoms with Crippen LogP contribution in [0, 0.1) is 5.92 Å². The van der Waals surface area contributed by atoms with E-state index in [-0.39, 0.29) is 5.92 Å². The Balaban J connectivity index is 1.95. The third-order valence-electron chi connectivity index (χ3n) is 3.46. The predicted molar refractivity (Wildman–Crippen MR) is 61.6 cm³/mol. The zero-order valence-corrected chi connectivity index (χ0v) is 10.0. The van der Waals surface area contributed by atoms with Crippen LogP contribution < -0.4 is 5.73 Å². The van der Waals surface area contributed by atoms with Crippen molar-refractivity contribution in [2.45, 2.75) is 18.4 Å². The molecule has 0 amide bonds. The number of carboxylic acid groups (broad SMARTS) is 1. The smallest absolute Gasteiger partial charge is 0.325 e. The van der Waals surface area contributed by atoms with E-state index >= 15 is 0 Å². The van der Waals surface area contributed by atoms with Gasteiger partial charge in [0, 0.05) is 41.9 Å². The molecule has 0 aromatic rings. The fraction of sp³-hybridized carbons (Fsp3) is 0.900. The molecule has 0 bridgehead atoms. The van der Waals surface area contributed by atoms with Gasteiger partial charge in [-0.1, -0.05) is 0 Å². The number of nitrogens with zero attached hydrogens (tertiary/aromatic N) is 1. The molecular formula is C10H18N2O3S. The van der Waals surface area contributed by atoms with Gasteiger partial charge >= 0.3 is 5.97 Å². The first-order chi connectivity index (χ1) is 7.52. The lowest BCUT2D eigenvalue weighted by Crippen LogP contribution is -2.59. The number of rotatable bonds is 4. The van der Waals surface area contributed by atoms with Crippen LogP contribution >= 0.6 is 0 Å². The second kappa shape index (κ2) is 4.43. The molecular weight excluding hydrogens is 228 g/mol. The Labute approximate surface area is 97.4 Å². The topological polar surface area (TPSA) is 83.6 Å². The standard InChI is InChI=1S/C10H18N2O3S/c11-10(9(13)14,8-1-2-8)7-12-3-5-16(15)6-4-12/h8H,1-7,11H2,(H,13,14). The van der Waals surface area contributed by atoms with E-state index < -0.39 is 22.3 Å². The highest BCUT2D eigenvalue weighted by Crippen LogP contribution is 2.39. The van der Waals surface area contributed by atoms with Crippen LogP contribution in [0.15, 0.2) is 0 Å². The van der Waals surface area contributed by atoms with E-state index in [9.17, 15) is 14.1 Å². The van der Waals surface area contributed by atoms with Crippen LogP contribution in [0.5, 0.6) is 0 Å². The molecule has 3 N–H and O–H groups in total. The molecule has 0 radical (unpaired) electrons. The molecule has 0 spiro atoms. The first-order valence-electron chi connectivity index (χ1n) is 5.62. The molecule has 16 heavy (non-hydrogen) atoms. The Bertz CT molecular complexity index is 309. The van der Waals surface area contributed by atoms with Crippen molar-refractivity contribution in [3.05, 3.63) is 0 Å². The summed E-state index contributed by atoms with van der Waals surface area (Å²) in [6.07, 6.45) is 1.84. The van der Waals surface area contributed by atoms with Gasteiger partial charge in [0.1, 0.15) is 5.54 Å². The van der Waals surface area contributed by atoms with Crippen LogP contribution in [0.2, 0.25) is 0 Å². The van der Waals surface area contributed by atoms with Crippen molar-refractivity contribution in [3.8, 4) is 0 Å². The van der Waals surface area contributed by atoms with E-state index in [0.29, 0.717) is 31.1 Å². The summed E-state index contributed by atoms with van der Waals surface area (Å²) in [5, 5.41) is 9.21. The second-order valence-electron chi connectivity index (χ2n) is 4.74. The van der Waals surface area contributed by atoms with Gasteiger partial charge in [0.25, 0.3) is 0 Å². The molecule has 1 saturated heterocycles. The summed E-state index contributed by atoms with van der Waals surface area (Å²) in [7, 11) is -0.725. The summed E-state index contributed by atoms with van der Waals surface area (Å²) < 4.78 is 11.2. The van der Waals surface area contributed by atoms with Gasteiger partial charge in [0.15, 0.2) is 0 Å². The minimum absolute atomic E-state index is 0.123. The third kappa shape index (κ3) is 2.44. The lowest BCUT2D eigenvalue weighted by Gasteiger charge is -2.34. The molecule has 92 valence electrons. The van der Waals surface area contributed by atoms with Crippen molar-refractivity contribution in [2.24, 2.45) is 11.7 Å². The first-order valence-corrected chi connectivity index (χ1v) is 7.11. The molecule has 2 aliphatic rings. The maximum atomic E-state index is 11.2. The van der Waals surface area contributed by atoms with E-state index in [4.69, 9.17) is 5.73 Å². The summed E-state index contributed by atoms with van der Waals surface area (Å²) in [6.45, 7) is 1.79. The molecule has 6 heteroatoms. The van der Waals surface area contributed by atoms with E-state index in [0.717, 1.165) is 12.8 Å². The third-order valence-corrected chi connectivity index (χ3v) is 4.74. The van der Waals surface area contributed by atoms with Crippen molar-refractivity contribution in [2.75, 3.05) is 31.1 Å². The van der Waals surface area contributed by atoms with Crippen molar-refractivity contribution in [1.29, 1.82) is 0 Å². The minimum atomic E-state index is -1.10. The van der Waals surface area contributed by atoms with Crippen molar-refractivity contribution >= 4 is 16.8 Å². The van der Waals surface area contributed by atoms with Crippen LogP contribution in [0.3, 0.4) is 0 Å². The summed E-state index contributed by atoms with van der Waals surface area (Å²) in [4.78, 5) is 13.3. The number of nitrogens with two attached hydrogens (primary N) is 1. The molecule has 5 nitrogen and oxygen atoms in total. The number of hydrogen-bond acceptors (Lipinski definition) is 4. The highest BCUT2D eigenvalue weighted by atomic mass is 32.2. The molecule has 1 aliphatic heterocycles. The number of carboxylic acids is 1. The average molecular weight is 246 g/mol. The minimum Gasteiger partial charge on any atom is -0.480 e. The van der Waals surface area contributed by atoms with E-state index in [1.807, 2.05) is 4.90 Å². The van der Waals surface area contributed by atoms with E-state index in [1.54, 1.807) is 0 Å². The van der Waals surface area contributed by atoms with Crippen molar-refractivity contribution < 1.29 is 14.1 Å². The van der Waals surface area contributed by atoms with Crippen LogP contribution in [0.1, 0.15) is 12.8 Å². The van der Waals surface area contributed by atoms with Gasteiger partial charge in [-0.3, -0.25) is 13.9 Å². The Morgan fingerprint density at radius 1 is 1.44 bits per heavy atom. The Kier molecular flexibility index (Phi) is 3.32. The summed E-state index contributed by atoms with van der Waals surface area (Å²) >= 11 is 0. The largest absolute Gasteiger partial charge is 0.480 e. The normalized spacial score (nSPS) is 27.6. The monoisotopic (exact) mass is 246 g/mol. The fourth-order valence-corrected chi connectivity index (χ4v) is 3.30. The van der Waals surface area contributed by atoms with E-state index in [1.165, 1.54) is 0 Å². The van der Waals surface area contributed by atoms with Crippen LogP contribution in [-0.4, -0.2) is 56.9 Å².